The van der Waals surface area contributed by atoms with Crippen LogP contribution in [0.1, 0.15) is 27.2 Å². The van der Waals surface area contributed by atoms with E-state index in [0.717, 1.165) is 35.5 Å². The van der Waals surface area contributed by atoms with Crippen LogP contribution in [0.5, 0.6) is 0 Å². The van der Waals surface area contributed by atoms with Crippen molar-refractivity contribution in [2.24, 2.45) is 7.05 Å². The summed E-state index contributed by atoms with van der Waals surface area (Å²) in [5.41, 5.74) is 3.20. The third-order valence-corrected chi connectivity index (χ3v) is 6.39. The molecule has 5 rings (SSSR count). The van der Waals surface area contributed by atoms with E-state index in [1.54, 1.807) is 43.7 Å². The predicted octanol–water partition coefficient (Wildman–Crippen LogP) is 6.02. The third-order valence-electron chi connectivity index (χ3n) is 6.39. The molecular formula is C29H23F3N6O2. The molecule has 3 heterocycles. The SMILES string of the molecule is Cc1ccc(Nc2ncc3cc(-c4cc(NC(=O)c5ccc(C(F)(F)F)cc5)ccc4C)n(C)c(=O)c3n2)cn1. The van der Waals surface area contributed by atoms with Gasteiger partial charge < -0.3 is 15.2 Å². The van der Waals surface area contributed by atoms with E-state index in [1.807, 2.05) is 26.0 Å². The number of benzene rings is 2. The van der Waals surface area contributed by atoms with Gasteiger partial charge in [0.15, 0.2) is 0 Å². The third kappa shape index (κ3) is 5.39. The van der Waals surface area contributed by atoms with Crippen molar-refractivity contribution in [3.05, 3.63) is 106 Å². The largest absolute Gasteiger partial charge is 0.416 e. The molecule has 40 heavy (non-hydrogen) atoms. The van der Waals surface area contributed by atoms with Crippen molar-refractivity contribution in [1.29, 1.82) is 0 Å². The second-order valence-electron chi connectivity index (χ2n) is 9.26. The normalized spacial score (nSPS) is 11.4. The summed E-state index contributed by atoms with van der Waals surface area (Å²) in [5, 5.41) is 6.29. The van der Waals surface area contributed by atoms with Crippen molar-refractivity contribution in [2.75, 3.05) is 10.6 Å². The molecule has 5 aromatic rings. The smallest absolute Gasteiger partial charge is 0.323 e. The molecule has 11 heteroatoms. The van der Waals surface area contributed by atoms with Gasteiger partial charge in [-0.25, -0.2) is 9.97 Å². The number of aryl methyl sites for hydroxylation is 2. The van der Waals surface area contributed by atoms with Crippen molar-refractivity contribution in [3.8, 4) is 11.3 Å². The van der Waals surface area contributed by atoms with Crippen LogP contribution in [0.3, 0.4) is 0 Å². The number of nitrogens with zero attached hydrogens (tertiary/aromatic N) is 4. The molecule has 8 nitrogen and oxygen atoms in total. The second kappa shape index (κ2) is 10.3. The number of anilines is 3. The Morgan fingerprint density at radius 3 is 2.30 bits per heavy atom. The van der Waals surface area contributed by atoms with Crippen LogP contribution >= 0.6 is 0 Å². The summed E-state index contributed by atoms with van der Waals surface area (Å²) in [7, 11) is 1.63. The Bertz CT molecular complexity index is 1800. The highest BCUT2D eigenvalue weighted by Crippen LogP contribution is 2.30. The van der Waals surface area contributed by atoms with Gasteiger partial charge in [0.05, 0.1) is 23.1 Å². The van der Waals surface area contributed by atoms with Crippen molar-refractivity contribution in [1.82, 2.24) is 19.5 Å². The van der Waals surface area contributed by atoms with Crippen LogP contribution in [0.15, 0.2) is 77.9 Å². The van der Waals surface area contributed by atoms with Gasteiger partial charge in [0.25, 0.3) is 11.5 Å². The molecule has 0 unspecified atom stereocenters. The number of carbonyl (C=O) groups excluding carboxylic acids is 1. The number of pyridine rings is 2. The number of fused-ring (bicyclic) bond motifs is 1. The first-order valence-electron chi connectivity index (χ1n) is 12.2. The Morgan fingerprint density at radius 1 is 0.900 bits per heavy atom. The summed E-state index contributed by atoms with van der Waals surface area (Å²) in [6.07, 6.45) is -1.28. The molecule has 0 spiro atoms. The summed E-state index contributed by atoms with van der Waals surface area (Å²) in [6.45, 7) is 3.74. The molecule has 202 valence electrons. The lowest BCUT2D eigenvalue weighted by Gasteiger charge is -2.15. The summed E-state index contributed by atoms with van der Waals surface area (Å²) in [5.74, 6) is -0.305. The molecular weight excluding hydrogens is 521 g/mol. The molecule has 2 N–H and O–H groups in total. The molecule has 0 aliphatic heterocycles. The first kappa shape index (κ1) is 26.5. The number of rotatable bonds is 5. The molecule has 0 aliphatic carbocycles. The summed E-state index contributed by atoms with van der Waals surface area (Å²) >= 11 is 0. The molecule has 1 amide bonds. The van der Waals surface area contributed by atoms with Gasteiger partial charge in [-0.05, 0) is 74.0 Å². The fraction of sp³-hybridized carbons (Fsp3) is 0.138. The van der Waals surface area contributed by atoms with Gasteiger partial charge in [-0.3, -0.25) is 14.6 Å². The van der Waals surface area contributed by atoms with Crippen molar-refractivity contribution in [3.63, 3.8) is 0 Å². The molecule has 3 aromatic heterocycles. The van der Waals surface area contributed by atoms with Crippen LogP contribution in [0.2, 0.25) is 0 Å². The van der Waals surface area contributed by atoms with E-state index in [1.165, 1.54) is 4.57 Å². The molecule has 0 atom stereocenters. The number of amides is 1. The lowest BCUT2D eigenvalue weighted by atomic mass is 10.0. The Morgan fingerprint density at radius 2 is 1.62 bits per heavy atom. The number of carbonyl (C=O) groups is 1. The molecule has 2 aromatic carbocycles. The average molecular weight is 545 g/mol. The monoisotopic (exact) mass is 544 g/mol. The Hall–Kier alpha value is -5.06. The maximum Gasteiger partial charge on any atom is 0.416 e. The van der Waals surface area contributed by atoms with Gasteiger partial charge in [-0.2, -0.15) is 13.2 Å². The summed E-state index contributed by atoms with van der Waals surface area (Å²) in [4.78, 5) is 39.0. The zero-order chi connectivity index (χ0) is 28.6. The number of hydrogen-bond acceptors (Lipinski definition) is 6. The van der Waals surface area contributed by atoms with Crippen LogP contribution in [0.25, 0.3) is 22.2 Å². The zero-order valence-corrected chi connectivity index (χ0v) is 21.7. The molecule has 0 saturated heterocycles. The van der Waals surface area contributed by atoms with Crippen molar-refractivity contribution in [2.45, 2.75) is 20.0 Å². The van der Waals surface area contributed by atoms with E-state index in [-0.39, 0.29) is 22.6 Å². The lowest BCUT2D eigenvalue weighted by molar-refractivity contribution is -0.137. The summed E-state index contributed by atoms with van der Waals surface area (Å²) in [6, 6.07) is 14.6. The lowest BCUT2D eigenvalue weighted by Crippen LogP contribution is -2.20. The van der Waals surface area contributed by atoms with E-state index in [9.17, 15) is 22.8 Å². The Labute approximate surface area is 226 Å². The topological polar surface area (TPSA) is 102 Å². The fourth-order valence-electron chi connectivity index (χ4n) is 4.16. The number of hydrogen-bond donors (Lipinski definition) is 2. The number of halogens is 3. The maximum absolute atomic E-state index is 13.3. The minimum absolute atomic E-state index is 0.0798. The molecule has 0 fully saturated rings. The van der Waals surface area contributed by atoms with Crippen LogP contribution in [-0.2, 0) is 13.2 Å². The standard InChI is InChI=1S/C29H23F3N6O2/c1-16-4-10-21(35-26(39)18-6-8-20(9-7-18)29(30,31)32)13-23(16)24-12-19-14-34-28(37-25(19)27(40)38(24)3)36-22-11-5-17(2)33-15-22/h4-15H,1-3H3,(H,35,39)(H,34,36,37). The Balaban J connectivity index is 1.44. The Kier molecular flexibility index (Phi) is 6.80. The zero-order valence-electron chi connectivity index (χ0n) is 21.7. The quantitative estimate of drug-likeness (QED) is 0.281. The number of aromatic nitrogens is 4. The minimum Gasteiger partial charge on any atom is -0.323 e. The highest BCUT2D eigenvalue weighted by molar-refractivity contribution is 6.04. The van der Waals surface area contributed by atoms with E-state index in [2.05, 4.69) is 25.6 Å². The first-order chi connectivity index (χ1) is 19.0. The number of alkyl halides is 3. The van der Waals surface area contributed by atoms with Gasteiger partial charge >= 0.3 is 6.18 Å². The second-order valence-corrected chi connectivity index (χ2v) is 9.26. The molecule has 0 radical (unpaired) electrons. The van der Waals surface area contributed by atoms with Crippen molar-refractivity contribution < 1.29 is 18.0 Å². The number of nitrogens with one attached hydrogen (secondary N) is 2. The predicted molar refractivity (Wildman–Crippen MR) is 147 cm³/mol. The van der Waals surface area contributed by atoms with Gasteiger partial charge in [-0.1, -0.05) is 6.07 Å². The average Bonchev–Trinajstić information content (AvgIpc) is 2.93. The van der Waals surface area contributed by atoms with E-state index in [4.69, 9.17) is 0 Å². The molecule has 0 saturated carbocycles. The van der Waals surface area contributed by atoms with Gasteiger partial charge in [0.2, 0.25) is 5.95 Å². The highest BCUT2D eigenvalue weighted by Gasteiger charge is 2.30. The van der Waals surface area contributed by atoms with Crippen LogP contribution in [-0.4, -0.2) is 25.4 Å². The first-order valence-corrected chi connectivity index (χ1v) is 12.2. The fourth-order valence-corrected chi connectivity index (χ4v) is 4.16. The van der Waals surface area contributed by atoms with Gasteiger partial charge in [0.1, 0.15) is 5.52 Å². The van der Waals surface area contributed by atoms with E-state index in [0.29, 0.717) is 28.0 Å². The van der Waals surface area contributed by atoms with Crippen molar-refractivity contribution >= 4 is 34.1 Å². The maximum atomic E-state index is 13.3. The van der Waals surface area contributed by atoms with Gasteiger partial charge in [-0.15, -0.1) is 0 Å². The highest BCUT2D eigenvalue weighted by atomic mass is 19.4. The van der Waals surface area contributed by atoms with Gasteiger partial charge in [0, 0.05) is 41.1 Å². The summed E-state index contributed by atoms with van der Waals surface area (Å²) < 4.78 is 40.0. The van der Waals surface area contributed by atoms with E-state index < -0.39 is 17.6 Å². The van der Waals surface area contributed by atoms with Crippen LogP contribution in [0, 0.1) is 13.8 Å². The molecule has 0 aliphatic rings. The van der Waals surface area contributed by atoms with E-state index >= 15 is 0 Å². The van der Waals surface area contributed by atoms with Crippen LogP contribution < -0.4 is 16.2 Å². The van der Waals surface area contributed by atoms with Crippen LogP contribution in [0.4, 0.5) is 30.5 Å². The minimum atomic E-state index is -4.49. The molecule has 0 bridgehead atoms.